The van der Waals surface area contributed by atoms with Crippen molar-refractivity contribution in [1.82, 2.24) is 0 Å². The molecular formula is C21H18F3NO2S. The van der Waals surface area contributed by atoms with Gasteiger partial charge in [0.15, 0.2) is 0 Å². The summed E-state index contributed by atoms with van der Waals surface area (Å²) in [4.78, 5) is 2.69. The molecule has 1 unspecified atom stereocenters. The van der Waals surface area contributed by atoms with Gasteiger partial charge in [-0.25, -0.2) is 0 Å². The van der Waals surface area contributed by atoms with Crippen LogP contribution in [0.2, 0.25) is 0 Å². The van der Waals surface area contributed by atoms with E-state index in [0.29, 0.717) is 15.2 Å². The lowest BCUT2D eigenvalue weighted by Gasteiger charge is -2.38. The molecular weight excluding hydrogens is 387 g/mol. The average Bonchev–Trinajstić information content (AvgIpc) is 2.66. The number of halogens is 3. The smallest absolute Gasteiger partial charge is 0.425 e. The molecule has 0 saturated heterocycles. The second-order valence-electron chi connectivity index (χ2n) is 6.88. The number of aliphatic hydroxyl groups is 1. The molecule has 0 radical (unpaired) electrons. The summed E-state index contributed by atoms with van der Waals surface area (Å²) in [5.74, 6) is 0.265. The molecule has 0 saturated carbocycles. The van der Waals surface area contributed by atoms with E-state index in [4.69, 9.17) is 4.74 Å². The summed E-state index contributed by atoms with van der Waals surface area (Å²) < 4.78 is 47.7. The zero-order valence-electron chi connectivity index (χ0n) is 15.5. The molecule has 0 bridgehead atoms. The number of hydrogen-bond acceptors (Lipinski definition) is 4. The van der Waals surface area contributed by atoms with Crippen molar-refractivity contribution in [3.8, 4) is 5.75 Å². The minimum Gasteiger partial charge on any atom is -0.497 e. The van der Waals surface area contributed by atoms with Crippen LogP contribution in [0.4, 0.5) is 18.9 Å². The van der Waals surface area contributed by atoms with Gasteiger partial charge in [0, 0.05) is 46.1 Å². The molecule has 1 N–H and O–H groups in total. The van der Waals surface area contributed by atoms with Gasteiger partial charge in [0.25, 0.3) is 0 Å². The van der Waals surface area contributed by atoms with Gasteiger partial charge in [-0.2, -0.15) is 13.2 Å². The predicted molar refractivity (Wildman–Crippen MR) is 104 cm³/mol. The Balaban J connectivity index is 2.08. The molecule has 0 aliphatic carbocycles. The number of ether oxygens (including phenoxy) is 1. The van der Waals surface area contributed by atoms with Crippen molar-refractivity contribution in [2.75, 3.05) is 26.1 Å². The maximum atomic E-state index is 14.2. The fraction of sp³-hybridized carbons (Fsp3) is 0.238. The quantitative estimate of drug-likeness (QED) is 0.637. The molecule has 0 spiro atoms. The molecule has 1 aliphatic heterocycles. The first-order chi connectivity index (χ1) is 13.2. The molecule has 28 heavy (non-hydrogen) atoms. The van der Waals surface area contributed by atoms with Crippen LogP contribution in [-0.2, 0) is 5.60 Å². The van der Waals surface area contributed by atoms with Crippen LogP contribution in [0.15, 0.2) is 58.3 Å². The zero-order chi connectivity index (χ0) is 20.3. The Morgan fingerprint density at radius 3 is 2.39 bits per heavy atom. The van der Waals surface area contributed by atoms with Gasteiger partial charge in [-0.05, 0) is 29.7 Å². The lowest BCUT2D eigenvalue weighted by molar-refractivity contribution is -0.250. The van der Waals surface area contributed by atoms with Gasteiger partial charge < -0.3 is 14.7 Å². The standard InChI is InChI=1S/C21H18F3NO2S/c1-25(2)17-6-4-5-14-13(17)8-9-15-19(14)28-18-10-7-12(27-3)11-16(18)20(15,26)21(22,23)24/h4-11,26H,1-3H3. The lowest BCUT2D eigenvalue weighted by Crippen LogP contribution is -2.45. The molecule has 1 aliphatic rings. The third-order valence-electron chi connectivity index (χ3n) is 5.06. The maximum absolute atomic E-state index is 14.2. The minimum atomic E-state index is -4.89. The normalized spacial score (nSPS) is 18.5. The number of nitrogens with zero attached hydrogens (tertiary/aromatic N) is 1. The highest BCUT2D eigenvalue weighted by Crippen LogP contribution is 2.57. The number of hydrogen-bond donors (Lipinski definition) is 1. The summed E-state index contributed by atoms with van der Waals surface area (Å²) in [6.07, 6.45) is -4.89. The molecule has 0 fully saturated rings. The van der Waals surface area contributed by atoms with E-state index >= 15 is 0 Å². The summed E-state index contributed by atoms with van der Waals surface area (Å²) in [5, 5.41) is 12.6. The van der Waals surface area contributed by atoms with Crippen molar-refractivity contribution in [2.45, 2.75) is 21.6 Å². The van der Waals surface area contributed by atoms with Crippen molar-refractivity contribution in [1.29, 1.82) is 0 Å². The van der Waals surface area contributed by atoms with Gasteiger partial charge in [-0.3, -0.25) is 0 Å². The first-order valence-electron chi connectivity index (χ1n) is 8.57. The highest BCUT2D eigenvalue weighted by atomic mass is 32.2. The number of methoxy groups -OCH3 is 1. The summed E-state index contributed by atoms with van der Waals surface area (Å²) >= 11 is 1.24. The monoisotopic (exact) mass is 405 g/mol. The number of anilines is 1. The van der Waals surface area contributed by atoms with E-state index < -0.39 is 11.8 Å². The van der Waals surface area contributed by atoms with Gasteiger partial charge in [-0.1, -0.05) is 36.0 Å². The van der Waals surface area contributed by atoms with E-state index in [1.54, 1.807) is 24.3 Å². The molecule has 4 rings (SSSR count). The van der Waals surface area contributed by atoms with E-state index in [1.165, 1.54) is 31.0 Å². The van der Waals surface area contributed by atoms with Gasteiger partial charge in [-0.15, -0.1) is 0 Å². The van der Waals surface area contributed by atoms with E-state index in [2.05, 4.69) is 0 Å². The summed E-state index contributed by atoms with van der Waals surface area (Å²) in [5.41, 5.74) is -2.58. The second kappa shape index (κ2) is 6.32. The van der Waals surface area contributed by atoms with Crippen LogP contribution in [0.1, 0.15) is 11.1 Å². The molecule has 3 aromatic carbocycles. The second-order valence-corrected chi connectivity index (χ2v) is 7.93. The highest BCUT2D eigenvalue weighted by molar-refractivity contribution is 7.99. The van der Waals surface area contributed by atoms with Gasteiger partial charge in [0.2, 0.25) is 5.60 Å². The SMILES string of the molecule is COc1ccc2c(c1)C(O)(C(F)(F)F)c1ccc3c(N(C)C)cccc3c1S2. The van der Waals surface area contributed by atoms with Crippen molar-refractivity contribution in [2.24, 2.45) is 0 Å². The molecule has 3 aromatic rings. The zero-order valence-corrected chi connectivity index (χ0v) is 16.3. The van der Waals surface area contributed by atoms with E-state index in [0.717, 1.165) is 11.1 Å². The Labute approximate surface area is 164 Å². The van der Waals surface area contributed by atoms with Crippen molar-refractivity contribution in [3.63, 3.8) is 0 Å². The van der Waals surface area contributed by atoms with Crippen molar-refractivity contribution >= 4 is 28.2 Å². The molecule has 3 nitrogen and oxygen atoms in total. The van der Waals surface area contributed by atoms with Gasteiger partial charge in [0.05, 0.1) is 7.11 Å². The van der Waals surface area contributed by atoms with E-state index in [-0.39, 0.29) is 16.9 Å². The fourth-order valence-electron chi connectivity index (χ4n) is 3.67. The van der Waals surface area contributed by atoms with Crippen LogP contribution < -0.4 is 9.64 Å². The van der Waals surface area contributed by atoms with Crippen LogP contribution >= 0.6 is 11.8 Å². The van der Waals surface area contributed by atoms with Crippen molar-refractivity contribution in [3.05, 3.63) is 59.7 Å². The number of rotatable bonds is 2. The maximum Gasteiger partial charge on any atom is 0.425 e. The molecule has 146 valence electrons. The lowest BCUT2D eigenvalue weighted by atomic mass is 9.83. The number of fused-ring (bicyclic) bond motifs is 4. The highest BCUT2D eigenvalue weighted by Gasteiger charge is 2.59. The van der Waals surface area contributed by atoms with Crippen LogP contribution in [0.3, 0.4) is 0 Å². The summed E-state index contributed by atoms with van der Waals surface area (Å²) in [6.45, 7) is 0. The third kappa shape index (κ3) is 2.57. The summed E-state index contributed by atoms with van der Waals surface area (Å²) in [7, 11) is 5.15. The largest absolute Gasteiger partial charge is 0.497 e. The van der Waals surface area contributed by atoms with E-state index in [9.17, 15) is 18.3 Å². The summed E-state index contributed by atoms with van der Waals surface area (Å²) in [6, 6.07) is 13.0. The van der Waals surface area contributed by atoms with E-state index in [1.807, 2.05) is 31.1 Å². The van der Waals surface area contributed by atoms with Gasteiger partial charge >= 0.3 is 6.18 Å². The Morgan fingerprint density at radius 2 is 1.75 bits per heavy atom. The van der Waals surface area contributed by atoms with Crippen LogP contribution in [-0.4, -0.2) is 32.5 Å². The third-order valence-corrected chi connectivity index (χ3v) is 6.28. The Morgan fingerprint density at radius 1 is 1.00 bits per heavy atom. The van der Waals surface area contributed by atoms with Gasteiger partial charge in [0.1, 0.15) is 5.75 Å². The van der Waals surface area contributed by atoms with Crippen LogP contribution in [0, 0.1) is 0 Å². The molecule has 0 aromatic heterocycles. The molecule has 0 amide bonds. The number of benzene rings is 3. The van der Waals surface area contributed by atoms with Crippen LogP contribution in [0.25, 0.3) is 10.8 Å². The molecule has 1 heterocycles. The predicted octanol–water partition coefficient (Wildman–Crippen LogP) is 5.18. The first-order valence-corrected chi connectivity index (χ1v) is 9.39. The minimum absolute atomic E-state index is 0.158. The molecule has 7 heteroatoms. The average molecular weight is 405 g/mol. The van der Waals surface area contributed by atoms with Crippen LogP contribution in [0.5, 0.6) is 5.75 Å². The fourth-order valence-corrected chi connectivity index (χ4v) is 4.95. The first kappa shape index (κ1) is 19.0. The number of alkyl halides is 3. The Kier molecular flexibility index (Phi) is 4.28. The van der Waals surface area contributed by atoms with Crippen molar-refractivity contribution < 1.29 is 23.0 Å². The Hall–Kier alpha value is -2.38. The molecule has 1 atom stereocenters. The topological polar surface area (TPSA) is 32.7 Å². The Bertz CT molecular complexity index is 1080.